The van der Waals surface area contributed by atoms with Gasteiger partial charge in [-0.15, -0.1) is 11.3 Å². The first kappa shape index (κ1) is 20.1. The monoisotopic (exact) mass is 446 g/mol. The summed E-state index contributed by atoms with van der Waals surface area (Å²) in [5.74, 6) is -0.614. The molecule has 0 saturated heterocycles. The van der Waals surface area contributed by atoms with Crippen molar-refractivity contribution in [1.82, 2.24) is 24.4 Å². The van der Waals surface area contributed by atoms with E-state index in [2.05, 4.69) is 20.5 Å². The van der Waals surface area contributed by atoms with Crippen molar-refractivity contribution in [2.45, 2.75) is 20.4 Å². The molecular weight excluding hydrogens is 427 g/mol. The van der Waals surface area contributed by atoms with Crippen molar-refractivity contribution < 1.29 is 9.18 Å². The fourth-order valence-electron chi connectivity index (χ4n) is 3.66. The summed E-state index contributed by atoms with van der Waals surface area (Å²) >= 11 is 1.59. The Labute approximate surface area is 187 Å². The Hall–Kier alpha value is -3.85. The van der Waals surface area contributed by atoms with Crippen LogP contribution >= 0.6 is 11.3 Å². The molecule has 0 aliphatic rings. The third kappa shape index (κ3) is 3.46. The second kappa shape index (κ2) is 8.01. The molecule has 0 unspecified atom stereocenters. The summed E-state index contributed by atoms with van der Waals surface area (Å²) in [5, 5.41) is 13.8. The number of nitrogens with one attached hydrogen (secondary N) is 1. The van der Waals surface area contributed by atoms with Crippen LogP contribution in [-0.2, 0) is 6.54 Å². The minimum Gasteiger partial charge on any atom is -0.319 e. The molecule has 0 bridgehead atoms. The number of aryl methyl sites for hydroxylation is 1. The van der Waals surface area contributed by atoms with Gasteiger partial charge in [-0.25, -0.2) is 13.9 Å². The highest BCUT2D eigenvalue weighted by molar-refractivity contribution is 7.13. The molecule has 0 atom stereocenters. The highest BCUT2D eigenvalue weighted by Gasteiger charge is 2.20. The maximum atomic E-state index is 14.1. The predicted octanol–water partition coefficient (Wildman–Crippen LogP) is 4.71. The average molecular weight is 447 g/mol. The summed E-state index contributed by atoms with van der Waals surface area (Å²) in [6, 6.07) is 12.4. The molecule has 5 rings (SSSR count). The number of rotatable bonds is 5. The van der Waals surface area contributed by atoms with Gasteiger partial charge >= 0.3 is 0 Å². The zero-order chi connectivity index (χ0) is 22.2. The van der Waals surface area contributed by atoms with E-state index in [1.807, 2.05) is 37.4 Å². The van der Waals surface area contributed by atoms with Crippen LogP contribution in [0.4, 0.5) is 10.1 Å². The minimum absolute atomic E-state index is 0.275. The number of hydrogen-bond donors (Lipinski definition) is 1. The van der Waals surface area contributed by atoms with Gasteiger partial charge in [0.15, 0.2) is 5.65 Å². The van der Waals surface area contributed by atoms with Gasteiger partial charge in [0, 0.05) is 11.8 Å². The van der Waals surface area contributed by atoms with Gasteiger partial charge in [-0.2, -0.15) is 10.2 Å². The summed E-state index contributed by atoms with van der Waals surface area (Å²) in [7, 11) is 0. The number of fused-ring (bicyclic) bond motifs is 1. The Balaban J connectivity index is 1.45. The van der Waals surface area contributed by atoms with Crippen LogP contribution in [0.1, 0.15) is 27.3 Å². The molecule has 7 nitrogen and oxygen atoms in total. The Bertz CT molecular complexity index is 1440. The standard InChI is InChI=1S/C23H19FN6OS/c1-14-21(15(2)29(28-14)13-16-6-3-4-7-18(16)24)27-23(31)17-12-26-30-19(9-10-25-22(17)30)20-8-5-11-32-20/h3-12H,13H2,1-2H3,(H,27,31). The molecule has 0 aliphatic carbocycles. The average Bonchev–Trinajstić information content (AvgIpc) is 3.52. The van der Waals surface area contributed by atoms with Crippen molar-refractivity contribution in [3.63, 3.8) is 0 Å². The second-order valence-electron chi connectivity index (χ2n) is 7.35. The molecule has 32 heavy (non-hydrogen) atoms. The van der Waals surface area contributed by atoms with Crippen molar-refractivity contribution in [2.75, 3.05) is 5.32 Å². The lowest BCUT2D eigenvalue weighted by Gasteiger charge is -2.08. The number of nitrogens with zero attached hydrogens (tertiary/aromatic N) is 5. The molecule has 0 fully saturated rings. The first-order chi connectivity index (χ1) is 15.5. The zero-order valence-electron chi connectivity index (χ0n) is 17.4. The zero-order valence-corrected chi connectivity index (χ0v) is 18.2. The quantitative estimate of drug-likeness (QED) is 0.424. The number of amides is 1. The van der Waals surface area contributed by atoms with Gasteiger partial charge in [0.1, 0.15) is 11.4 Å². The lowest BCUT2D eigenvalue weighted by Crippen LogP contribution is -2.14. The fraction of sp³-hybridized carbons (Fsp3) is 0.130. The number of aromatic nitrogens is 5. The molecule has 0 radical (unpaired) electrons. The summed E-state index contributed by atoms with van der Waals surface area (Å²) < 4.78 is 17.4. The van der Waals surface area contributed by atoms with E-state index in [1.165, 1.54) is 12.3 Å². The summed E-state index contributed by atoms with van der Waals surface area (Å²) in [6.45, 7) is 3.93. The van der Waals surface area contributed by atoms with E-state index in [-0.39, 0.29) is 18.3 Å². The van der Waals surface area contributed by atoms with Gasteiger partial charge in [-0.1, -0.05) is 24.3 Å². The molecule has 0 spiro atoms. The van der Waals surface area contributed by atoms with Crippen LogP contribution in [0.25, 0.3) is 16.2 Å². The van der Waals surface area contributed by atoms with E-state index in [0.29, 0.717) is 28.2 Å². The predicted molar refractivity (Wildman–Crippen MR) is 121 cm³/mol. The van der Waals surface area contributed by atoms with Crippen LogP contribution in [0.3, 0.4) is 0 Å². The van der Waals surface area contributed by atoms with E-state index in [4.69, 9.17) is 0 Å². The number of thiophene rings is 1. The molecular formula is C23H19FN6OS. The van der Waals surface area contributed by atoms with Gasteiger partial charge in [0.2, 0.25) is 0 Å². The lowest BCUT2D eigenvalue weighted by atomic mass is 10.2. The lowest BCUT2D eigenvalue weighted by molar-refractivity contribution is 0.102. The molecule has 5 aromatic rings. The topological polar surface area (TPSA) is 77.1 Å². The smallest absolute Gasteiger partial charge is 0.261 e. The van der Waals surface area contributed by atoms with Crippen LogP contribution < -0.4 is 5.32 Å². The molecule has 1 aromatic carbocycles. The van der Waals surface area contributed by atoms with Crippen molar-refractivity contribution in [1.29, 1.82) is 0 Å². The number of hydrogen-bond acceptors (Lipinski definition) is 5. The van der Waals surface area contributed by atoms with E-state index >= 15 is 0 Å². The number of carbonyl (C=O) groups excluding carboxylic acids is 1. The Morgan fingerprint density at radius 3 is 2.78 bits per heavy atom. The van der Waals surface area contributed by atoms with E-state index in [1.54, 1.807) is 44.9 Å². The third-order valence-corrected chi connectivity index (χ3v) is 6.21. The highest BCUT2D eigenvalue weighted by atomic mass is 32.1. The fourth-order valence-corrected chi connectivity index (χ4v) is 4.40. The molecule has 4 aromatic heterocycles. The van der Waals surface area contributed by atoms with E-state index in [0.717, 1.165) is 16.3 Å². The van der Waals surface area contributed by atoms with Gasteiger partial charge in [-0.05, 0) is 37.4 Å². The SMILES string of the molecule is Cc1nn(Cc2ccccc2F)c(C)c1NC(=O)c1cnn2c(-c3cccs3)ccnc12. The molecule has 9 heteroatoms. The molecule has 1 amide bonds. The van der Waals surface area contributed by atoms with Gasteiger partial charge in [-0.3, -0.25) is 9.48 Å². The molecule has 1 N–H and O–H groups in total. The number of anilines is 1. The van der Waals surface area contributed by atoms with Crippen molar-refractivity contribution in [3.05, 3.63) is 88.6 Å². The molecule has 0 saturated carbocycles. The second-order valence-corrected chi connectivity index (χ2v) is 8.30. The van der Waals surface area contributed by atoms with Crippen LogP contribution in [0.15, 0.2) is 60.2 Å². The van der Waals surface area contributed by atoms with Crippen molar-refractivity contribution in [3.8, 4) is 10.6 Å². The molecule has 4 heterocycles. The van der Waals surface area contributed by atoms with Crippen molar-refractivity contribution >= 4 is 28.6 Å². The Morgan fingerprint density at radius 2 is 2.00 bits per heavy atom. The third-order valence-electron chi connectivity index (χ3n) is 5.32. The maximum absolute atomic E-state index is 14.1. The highest BCUT2D eigenvalue weighted by Crippen LogP contribution is 2.26. The summed E-state index contributed by atoms with van der Waals surface area (Å²) in [4.78, 5) is 18.5. The first-order valence-corrected chi connectivity index (χ1v) is 10.9. The van der Waals surface area contributed by atoms with Crippen LogP contribution in [-0.4, -0.2) is 30.3 Å². The van der Waals surface area contributed by atoms with Crippen LogP contribution in [0, 0.1) is 19.7 Å². The van der Waals surface area contributed by atoms with Crippen LogP contribution in [0.5, 0.6) is 0 Å². The molecule has 0 aliphatic heterocycles. The van der Waals surface area contributed by atoms with E-state index in [9.17, 15) is 9.18 Å². The normalized spacial score (nSPS) is 11.2. The van der Waals surface area contributed by atoms with Gasteiger partial charge in [0.25, 0.3) is 5.91 Å². The van der Waals surface area contributed by atoms with Gasteiger partial charge < -0.3 is 5.32 Å². The van der Waals surface area contributed by atoms with E-state index < -0.39 is 0 Å². The van der Waals surface area contributed by atoms with Crippen molar-refractivity contribution in [2.24, 2.45) is 0 Å². The maximum Gasteiger partial charge on any atom is 0.261 e. The Kier molecular flexibility index (Phi) is 5.02. The summed E-state index contributed by atoms with van der Waals surface area (Å²) in [6.07, 6.45) is 3.19. The minimum atomic E-state index is -0.326. The number of carbonyl (C=O) groups is 1. The molecule has 160 valence electrons. The number of halogens is 1. The largest absolute Gasteiger partial charge is 0.319 e. The van der Waals surface area contributed by atoms with Crippen LogP contribution in [0.2, 0.25) is 0 Å². The summed E-state index contributed by atoms with van der Waals surface area (Å²) in [5.41, 5.74) is 4.23. The Morgan fingerprint density at radius 1 is 1.16 bits per heavy atom. The van der Waals surface area contributed by atoms with Gasteiger partial charge in [0.05, 0.1) is 40.4 Å². The number of benzene rings is 1. The first-order valence-electron chi connectivity index (χ1n) is 9.98.